The van der Waals surface area contributed by atoms with Crippen molar-refractivity contribution in [3.05, 3.63) is 58.1 Å². The average molecular weight is 482 g/mol. The van der Waals surface area contributed by atoms with Crippen LogP contribution >= 0.6 is 11.8 Å². The minimum Gasteiger partial charge on any atom is -0.508 e. The van der Waals surface area contributed by atoms with Gasteiger partial charge in [-0.2, -0.15) is 0 Å². The Kier molecular flexibility index (Phi) is 5.01. The van der Waals surface area contributed by atoms with Gasteiger partial charge in [-0.1, -0.05) is 17.8 Å². The average Bonchev–Trinajstić information content (AvgIpc) is 3.06. The fourth-order valence-electron chi connectivity index (χ4n) is 4.59. The number of hydrogen-bond acceptors (Lipinski definition) is 10. The lowest BCUT2D eigenvalue weighted by atomic mass is 9.77. The number of carbonyl (C=O) groups is 4. The van der Waals surface area contributed by atoms with E-state index in [9.17, 15) is 24.3 Å². The molecule has 3 heterocycles. The summed E-state index contributed by atoms with van der Waals surface area (Å²) in [6, 6.07) is 8.50. The van der Waals surface area contributed by atoms with E-state index >= 15 is 0 Å². The molecule has 3 N–H and O–H groups in total. The number of nitrogens with two attached hydrogens (primary N) is 1. The van der Waals surface area contributed by atoms with Crippen molar-refractivity contribution in [2.45, 2.75) is 11.2 Å². The van der Waals surface area contributed by atoms with Gasteiger partial charge in [-0.05, 0) is 24.3 Å². The first-order valence-electron chi connectivity index (χ1n) is 10.1. The number of nitrogens with zero attached hydrogens (tertiary/aromatic N) is 1. The number of phenolic OH excluding ortho intramolecular Hbond substituents is 1. The molecule has 5 rings (SSSR count). The van der Waals surface area contributed by atoms with E-state index in [-0.39, 0.29) is 39.1 Å². The lowest BCUT2D eigenvalue weighted by Gasteiger charge is -2.36. The molecule has 1 saturated heterocycles. The smallest absolute Gasteiger partial charge is 0.342 e. The number of esters is 2. The molecule has 1 fully saturated rings. The third-order valence-corrected chi connectivity index (χ3v) is 7.30. The number of aromatic hydroxyl groups is 1. The van der Waals surface area contributed by atoms with Crippen molar-refractivity contribution in [2.24, 2.45) is 11.7 Å². The molecule has 11 heteroatoms. The van der Waals surface area contributed by atoms with Crippen molar-refractivity contribution >= 4 is 41.2 Å². The van der Waals surface area contributed by atoms with Gasteiger partial charge in [0, 0.05) is 17.5 Å². The molecule has 174 valence electrons. The Hall–Kier alpha value is -3.99. The third-order valence-electron chi connectivity index (χ3n) is 6.08. The molecule has 0 aromatic heterocycles. The first-order chi connectivity index (χ1) is 16.3. The second-order valence-corrected chi connectivity index (χ2v) is 9.00. The molecule has 0 aliphatic carbocycles. The molecule has 34 heavy (non-hydrogen) atoms. The van der Waals surface area contributed by atoms with Gasteiger partial charge in [0.2, 0.25) is 11.8 Å². The number of thioether (sulfide) groups is 1. The molecule has 0 unspecified atom stereocenters. The number of ether oxygens (including phenoxy) is 3. The largest absolute Gasteiger partial charge is 0.508 e. The summed E-state index contributed by atoms with van der Waals surface area (Å²) >= 11 is 0.926. The second kappa shape index (κ2) is 7.80. The number of fused-ring (bicyclic) bond motifs is 5. The Morgan fingerprint density at radius 1 is 1.12 bits per heavy atom. The van der Waals surface area contributed by atoms with Crippen molar-refractivity contribution in [3.63, 3.8) is 0 Å². The summed E-state index contributed by atoms with van der Waals surface area (Å²) in [7, 11) is 2.60. The Bertz CT molecular complexity index is 1320. The van der Waals surface area contributed by atoms with Crippen LogP contribution in [-0.4, -0.2) is 48.3 Å². The predicted molar refractivity (Wildman–Crippen MR) is 119 cm³/mol. The summed E-state index contributed by atoms with van der Waals surface area (Å²) in [5.74, 6) is -4.15. The lowest BCUT2D eigenvalue weighted by Crippen LogP contribution is -2.39. The van der Waals surface area contributed by atoms with Crippen molar-refractivity contribution in [1.82, 2.24) is 0 Å². The summed E-state index contributed by atoms with van der Waals surface area (Å²) < 4.78 is 15.4. The van der Waals surface area contributed by atoms with Crippen molar-refractivity contribution < 1.29 is 38.5 Å². The molecule has 0 spiro atoms. The Labute approximate surface area is 197 Å². The number of hydrogen-bond donors (Lipinski definition) is 2. The molecule has 0 bridgehead atoms. The van der Waals surface area contributed by atoms with E-state index in [1.165, 1.54) is 44.6 Å². The highest BCUT2D eigenvalue weighted by atomic mass is 32.2. The van der Waals surface area contributed by atoms with Gasteiger partial charge in [0.1, 0.15) is 22.5 Å². The highest BCUT2D eigenvalue weighted by Gasteiger charge is 2.59. The monoisotopic (exact) mass is 482 g/mol. The minimum atomic E-state index is -0.970. The van der Waals surface area contributed by atoms with Crippen molar-refractivity contribution in [2.75, 3.05) is 19.1 Å². The SMILES string of the molecule is COC(=O)c1ccc(OC)c(N2C(=O)[C@H]3[C@@H]4C(=C(N)S[C@H]3C2=O)C(=O)Oc2cc(O)ccc24)c1. The van der Waals surface area contributed by atoms with E-state index in [0.29, 0.717) is 5.56 Å². The molecule has 3 atom stereocenters. The van der Waals surface area contributed by atoms with Crippen LogP contribution < -0.4 is 20.1 Å². The van der Waals surface area contributed by atoms with Crippen LogP contribution in [0.4, 0.5) is 5.69 Å². The van der Waals surface area contributed by atoms with Crippen molar-refractivity contribution in [1.29, 1.82) is 0 Å². The van der Waals surface area contributed by atoms with Crippen LogP contribution in [0.5, 0.6) is 17.2 Å². The van der Waals surface area contributed by atoms with Gasteiger partial charge in [-0.25, -0.2) is 14.5 Å². The van der Waals surface area contributed by atoms with Gasteiger partial charge in [0.05, 0.1) is 42.0 Å². The molecule has 3 aliphatic rings. The fourth-order valence-corrected chi connectivity index (χ4v) is 5.83. The zero-order valence-corrected chi connectivity index (χ0v) is 18.8. The van der Waals surface area contributed by atoms with Crippen LogP contribution in [0.15, 0.2) is 47.0 Å². The zero-order valence-electron chi connectivity index (χ0n) is 17.9. The summed E-state index contributed by atoms with van der Waals surface area (Å²) in [4.78, 5) is 53.1. The molecule has 10 nitrogen and oxygen atoms in total. The minimum absolute atomic E-state index is 0.0832. The summed E-state index contributed by atoms with van der Waals surface area (Å²) in [6.07, 6.45) is 0. The van der Waals surface area contributed by atoms with E-state index in [1.54, 1.807) is 6.07 Å². The van der Waals surface area contributed by atoms with Crippen LogP contribution in [0.2, 0.25) is 0 Å². The highest BCUT2D eigenvalue weighted by Crippen LogP contribution is 2.55. The molecule has 0 saturated carbocycles. The number of amides is 2. The molecular formula is C23H18N2O8S. The van der Waals surface area contributed by atoms with Crippen LogP contribution in [0.1, 0.15) is 21.8 Å². The Morgan fingerprint density at radius 2 is 1.88 bits per heavy atom. The molecule has 2 aromatic rings. The topological polar surface area (TPSA) is 145 Å². The van der Waals surface area contributed by atoms with E-state index in [1.807, 2.05) is 0 Å². The highest BCUT2D eigenvalue weighted by molar-refractivity contribution is 8.04. The number of phenols is 1. The predicted octanol–water partition coefficient (Wildman–Crippen LogP) is 1.67. The lowest BCUT2D eigenvalue weighted by molar-refractivity contribution is -0.131. The number of methoxy groups -OCH3 is 2. The molecule has 2 aromatic carbocycles. The maximum Gasteiger partial charge on any atom is 0.342 e. The Morgan fingerprint density at radius 3 is 2.59 bits per heavy atom. The van der Waals surface area contributed by atoms with Crippen LogP contribution in [0, 0.1) is 5.92 Å². The maximum atomic E-state index is 13.8. The van der Waals surface area contributed by atoms with Crippen LogP contribution in [0.3, 0.4) is 0 Å². The first-order valence-corrected chi connectivity index (χ1v) is 11.0. The standard InChI is InChI=1S/C23H18N2O8S/c1-31-13-6-3-9(22(29)32-2)7-12(13)25-20(27)16-15-11-5-4-10(26)8-14(11)33-23(30)17(15)19(24)34-18(16)21(25)28/h3-8,15-16,18,26H,24H2,1-2H3/t15-,16+,18-/m1/s1. The van der Waals surface area contributed by atoms with Gasteiger partial charge in [0.15, 0.2) is 0 Å². The third kappa shape index (κ3) is 3.04. The molecular weight excluding hydrogens is 464 g/mol. The van der Waals surface area contributed by atoms with Gasteiger partial charge < -0.3 is 25.1 Å². The van der Waals surface area contributed by atoms with Gasteiger partial charge in [-0.3, -0.25) is 9.59 Å². The quantitative estimate of drug-likeness (QED) is 0.376. The number of anilines is 1. The molecule has 0 radical (unpaired) electrons. The van der Waals surface area contributed by atoms with Gasteiger partial charge in [0.25, 0.3) is 0 Å². The summed E-state index contributed by atoms with van der Waals surface area (Å²) in [6.45, 7) is 0. The van der Waals surface area contributed by atoms with Gasteiger partial charge >= 0.3 is 11.9 Å². The Balaban J connectivity index is 1.65. The first kappa shape index (κ1) is 21.8. The normalized spacial score (nSPS) is 23.2. The number of carbonyl (C=O) groups excluding carboxylic acids is 4. The second-order valence-electron chi connectivity index (χ2n) is 7.82. The number of benzene rings is 2. The van der Waals surface area contributed by atoms with E-state index < -0.39 is 40.8 Å². The van der Waals surface area contributed by atoms with E-state index in [4.69, 9.17) is 19.9 Å². The molecule has 3 aliphatic heterocycles. The van der Waals surface area contributed by atoms with E-state index in [0.717, 1.165) is 16.7 Å². The number of rotatable bonds is 3. The summed E-state index contributed by atoms with van der Waals surface area (Å²) in [5, 5.41) is 9.01. The zero-order chi connectivity index (χ0) is 24.3. The maximum absolute atomic E-state index is 13.8. The van der Waals surface area contributed by atoms with Crippen LogP contribution in [-0.2, 0) is 19.1 Å². The van der Waals surface area contributed by atoms with Gasteiger partial charge in [-0.15, -0.1) is 0 Å². The van der Waals surface area contributed by atoms with Crippen LogP contribution in [0.25, 0.3) is 0 Å². The number of imide groups is 1. The van der Waals surface area contributed by atoms with E-state index in [2.05, 4.69) is 0 Å². The fraction of sp³-hybridized carbons (Fsp3) is 0.217. The summed E-state index contributed by atoms with van der Waals surface area (Å²) in [5.41, 5.74) is 6.95. The molecule has 2 amide bonds. The van der Waals surface area contributed by atoms with Crippen molar-refractivity contribution in [3.8, 4) is 17.2 Å².